The Morgan fingerprint density at radius 2 is 2.00 bits per heavy atom. The maximum Gasteiger partial charge on any atom is 0.216 e. The van der Waals surface area contributed by atoms with Crippen molar-refractivity contribution in [2.75, 3.05) is 38.3 Å². The Kier molecular flexibility index (Phi) is 5.83. The van der Waals surface area contributed by atoms with E-state index in [1.807, 2.05) is 24.3 Å². The second-order valence-corrected chi connectivity index (χ2v) is 8.11. The van der Waals surface area contributed by atoms with Crippen molar-refractivity contribution in [2.24, 2.45) is 0 Å². The second-order valence-electron chi connectivity index (χ2n) is 8.11. The van der Waals surface area contributed by atoms with Crippen molar-refractivity contribution in [3.63, 3.8) is 0 Å². The summed E-state index contributed by atoms with van der Waals surface area (Å²) >= 11 is 0. The van der Waals surface area contributed by atoms with Crippen LogP contribution in [0.1, 0.15) is 12.8 Å². The van der Waals surface area contributed by atoms with E-state index in [1.54, 1.807) is 19.2 Å². The molecular weight excluding hydrogens is 408 g/mol. The summed E-state index contributed by atoms with van der Waals surface area (Å²) in [7, 11) is 1.55. The van der Waals surface area contributed by atoms with Gasteiger partial charge < -0.3 is 24.8 Å². The molecule has 1 unspecified atom stereocenters. The van der Waals surface area contributed by atoms with Crippen molar-refractivity contribution in [3.05, 3.63) is 42.7 Å². The van der Waals surface area contributed by atoms with Crippen LogP contribution in [0.15, 0.2) is 42.7 Å². The molecule has 2 fully saturated rings. The number of nitrogens with one attached hydrogen (secondary N) is 1. The Morgan fingerprint density at radius 1 is 1.06 bits per heavy atom. The minimum absolute atomic E-state index is 0.117. The first-order chi connectivity index (χ1) is 15.7. The van der Waals surface area contributed by atoms with Crippen LogP contribution in [0, 0.1) is 0 Å². The summed E-state index contributed by atoms with van der Waals surface area (Å²) in [6, 6.07) is 11.9. The molecule has 2 aliphatic heterocycles. The van der Waals surface area contributed by atoms with Crippen LogP contribution < -0.4 is 15.0 Å². The molecule has 3 aromatic rings. The molecule has 9 nitrogen and oxygen atoms in total. The van der Waals surface area contributed by atoms with Crippen molar-refractivity contribution in [1.82, 2.24) is 25.5 Å². The largest absolute Gasteiger partial charge is 0.507 e. The summed E-state index contributed by atoms with van der Waals surface area (Å²) in [6.45, 7) is 3.51. The Labute approximate surface area is 186 Å². The Morgan fingerprint density at radius 3 is 2.75 bits per heavy atom. The first kappa shape index (κ1) is 20.6. The van der Waals surface area contributed by atoms with Gasteiger partial charge in [0.15, 0.2) is 5.82 Å². The molecule has 0 radical (unpaired) electrons. The van der Waals surface area contributed by atoms with Gasteiger partial charge in [-0.15, -0.1) is 10.2 Å². The van der Waals surface area contributed by atoms with Crippen LogP contribution in [0.4, 0.5) is 5.82 Å². The second kappa shape index (κ2) is 9.05. The van der Waals surface area contributed by atoms with Crippen LogP contribution in [0.25, 0.3) is 22.5 Å². The molecule has 166 valence electrons. The number of aromatic nitrogens is 4. The van der Waals surface area contributed by atoms with E-state index in [4.69, 9.17) is 9.47 Å². The van der Waals surface area contributed by atoms with E-state index in [9.17, 15) is 5.11 Å². The fourth-order valence-corrected chi connectivity index (χ4v) is 4.26. The molecular formula is C23H26N6O3. The molecule has 0 amide bonds. The van der Waals surface area contributed by atoms with Crippen LogP contribution in [-0.2, 0) is 4.74 Å². The highest BCUT2D eigenvalue weighted by atomic mass is 16.5. The van der Waals surface area contributed by atoms with E-state index in [-0.39, 0.29) is 5.75 Å². The van der Waals surface area contributed by atoms with Crippen LogP contribution in [0.3, 0.4) is 0 Å². The third-order valence-corrected chi connectivity index (χ3v) is 5.98. The number of aromatic hydroxyl groups is 1. The van der Waals surface area contributed by atoms with Crippen molar-refractivity contribution in [2.45, 2.75) is 24.9 Å². The van der Waals surface area contributed by atoms with E-state index >= 15 is 0 Å². The molecule has 2 saturated heterocycles. The van der Waals surface area contributed by atoms with Gasteiger partial charge in [0, 0.05) is 49.0 Å². The number of benzene rings is 1. The zero-order valence-corrected chi connectivity index (χ0v) is 17.9. The zero-order valence-electron chi connectivity index (χ0n) is 17.9. The highest BCUT2D eigenvalue weighted by Gasteiger charge is 2.27. The number of phenols is 1. The minimum Gasteiger partial charge on any atom is -0.507 e. The molecule has 32 heavy (non-hydrogen) atoms. The number of nitrogens with zero attached hydrogens (tertiary/aromatic N) is 5. The molecule has 2 atom stereocenters. The van der Waals surface area contributed by atoms with E-state index in [0.29, 0.717) is 34.9 Å². The maximum absolute atomic E-state index is 10.6. The zero-order chi connectivity index (χ0) is 21.9. The number of anilines is 1. The van der Waals surface area contributed by atoms with E-state index in [1.165, 1.54) is 6.33 Å². The third kappa shape index (κ3) is 4.35. The van der Waals surface area contributed by atoms with Gasteiger partial charge in [-0.05, 0) is 37.1 Å². The first-order valence-electron chi connectivity index (χ1n) is 10.8. The van der Waals surface area contributed by atoms with Gasteiger partial charge in [0.2, 0.25) is 5.88 Å². The highest BCUT2D eigenvalue weighted by molar-refractivity contribution is 5.73. The summed E-state index contributed by atoms with van der Waals surface area (Å²) in [6.07, 6.45) is 3.59. The quantitative estimate of drug-likeness (QED) is 0.604. The van der Waals surface area contributed by atoms with Gasteiger partial charge in [-0.25, -0.2) is 9.97 Å². The summed E-state index contributed by atoms with van der Waals surface area (Å²) in [5.41, 5.74) is 2.67. The highest BCUT2D eigenvalue weighted by Crippen LogP contribution is 2.32. The fraction of sp³-hybridized carbons (Fsp3) is 0.391. The fourth-order valence-electron chi connectivity index (χ4n) is 4.26. The monoisotopic (exact) mass is 434 g/mol. The third-order valence-electron chi connectivity index (χ3n) is 5.98. The smallest absolute Gasteiger partial charge is 0.216 e. The molecule has 2 N–H and O–H groups in total. The standard InChI is InChI=1S/C23H26N6O3/c1-31-23-11-20(24-14-25-23)15-2-3-18(21(30)10-15)19-4-5-22(28-27-19)29-8-6-16(12-29)26-17-7-9-32-13-17/h2-5,10-11,14,16-17,26,30H,6-9,12-13H2,1H3/t16-,17?/m0/s1. The summed E-state index contributed by atoms with van der Waals surface area (Å²) in [5.74, 6) is 1.44. The molecule has 2 aliphatic rings. The van der Waals surface area contributed by atoms with Gasteiger partial charge in [0.25, 0.3) is 0 Å². The molecule has 0 spiro atoms. The molecule has 9 heteroatoms. The normalized spacial score (nSPS) is 20.6. The van der Waals surface area contributed by atoms with Crippen LogP contribution in [-0.4, -0.2) is 70.8 Å². The van der Waals surface area contributed by atoms with Crippen molar-refractivity contribution in [3.8, 4) is 34.1 Å². The molecule has 0 saturated carbocycles. The molecule has 4 heterocycles. The van der Waals surface area contributed by atoms with Crippen molar-refractivity contribution in [1.29, 1.82) is 0 Å². The lowest BCUT2D eigenvalue weighted by Crippen LogP contribution is -2.40. The van der Waals surface area contributed by atoms with Crippen LogP contribution in [0.5, 0.6) is 11.6 Å². The number of ether oxygens (including phenoxy) is 2. The molecule has 0 aliphatic carbocycles. The number of phenolic OH excluding ortho intramolecular Hbond substituents is 1. The lowest BCUT2D eigenvalue weighted by molar-refractivity contribution is 0.188. The topological polar surface area (TPSA) is 106 Å². The average molecular weight is 435 g/mol. The Hall–Kier alpha value is -3.30. The van der Waals surface area contributed by atoms with Crippen molar-refractivity contribution >= 4 is 5.82 Å². The molecule has 5 rings (SSSR count). The van der Waals surface area contributed by atoms with E-state index < -0.39 is 0 Å². The van der Waals surface area contributed by atoms with Crippen LogP contribution in [0.2, 0.25) is 0 Å². The predicted octanol–water partition coefficient (Wildman–Crippen LogP) is 2.27. The van der Waals surface area contributed by atoms with Crippen molar-refractivity contribution < 1.29 is 14.6 Å². The summed E-state index contributed by atoms with van der Waals surface area (Å²) < 4.78 is 10.6. The van der Waals surface area contributed by atoms with E-state index in [0.717, 1.165) is 50.5 Å². The maximum atomic E-state index is 10.6. The lowest BCUT2D eigenvalue weighted by atomic mass is 10.1. The first-order valence-corrected chi connectivity index (χ1v) is 10.8. The van der Waals surface area contributed by atoms with Gasteiger partial charge in [-0.3, -0.25) is 0 Å². The van der Waals surface area contributed by atoms with Gasteiger partial charge in [0.05, 0.1) is 25.1 Å². The number of methoxy groups -OCH3 is 1. The summed E-state index contributed by atoms with van der Waals surface area (Å²) in [4.78, 5) is 10.5. The van der Waals surface area contributed by atoms with Gasteiger partial charge >= 0.3 is 0 Å². The lowest BCUT2D eigenvalue weighted by Gasteiger charge is -2.19. The van der Waals surface area contributed by atoms with Gasteiger partial charge in [-0.2, -0.15) is 0 Å². The average Bonchev–Trinajstić information content (AvgIpc) is 3.52. The number of hydrogen-bond donors (Lipinski definition) is 2. The SMILES string of the molecule is COc1cc(-c2ccc(-c3ccc(N4CC[C@H](NC5CCOC5)C4)nn3)c(O)c2)ncn1. The Bertz CT molecular complexity index is 1070. The Balaban J connectivity index is 1.27. The number of rotatable bonds is 6. The molecule has 1 aromatic carbocycles. The predicted molar refractivity (Wildman–Crippen MR) is 120 cm³/mol. The minimum atomic E-state index is 0.117. The van der Waals surface area contributed by atoms with Crippen LogP contribution >= 0.6 is 0 Å². The molecule has 0 bridgehead atoms. The van der Waals surface area contributed by atoms with Gasteiger partial charge in [-0.1, -0.05) is 6.07 Å². The summed E-state index contributed by atoms with van der Waals surface area (Å²) in [5, 5.41) is 23.1. The van der Waals surface area contributed by atoms with E-state index in [2.05, 4.69) is 30.4 Å². The number of hydrogen-bond acceptors (Lipinski definition) is 9. The van der Waals surface area contributed by atoms with Gasteiger partial charge in [0.1, 0.15) is 12.1 Å². The molecule has 2 aromatic heterocycles.